The Hall–Kier alpha value is -0.900. The second kappa shape index (κ2) is 3.55. The molecule has 3 rings (SSSR count). The predicted octanol–water partition coefficient (Wildman–Crippen LogP) is 3.01. The van der Waals surface area contributed by atoms with Gasteiger partial charge in [0, 0.05) is 6.04 Å². The topological polar surface area (TPSA) is 37.8 Å². The maximum atomic E-state index is 13.3. The van der Waals surface area contributed by atoms with Crippen LogP contribution in [0, 0.1) is 11.2 Å². The molecule has 0 unspecified atom stereocenters. The van der Waals surface area contributed by atoms with Gasteiger partial charge in [0.2, 0.25) is 5.28 Å². The standard InChI is InChI=1S/C11H13ClFN3/c12-10-14-6-8(13)9(16-10)15-7-4-11(5-7)2-1-3-11/h6-7H,1-5H2,(H,14,15,16). The molecule has 2 saturated carbocycles. The number of aromatic nitrogens is 2. The molecule has 0 aromatic carbocycles. The summed E-state index contributed by atoms with van der Waals surface area (Å²) in [5.41, 5.74) is 0.574. The Labute approximate surface area is 98.4 Å². The van der Waals surface area contributed by atoms with Crippen molar-refractivity contribution in [1.29, 1.82) is 0 Å². The summed E-state index contributed by atoms with van der Waals surface area (Å²) in [6.07, 6.45) is 7.38. The van der Waals surface area contributed by atoms with Crippen molar-refractivity contribution in [3.8, 4) is 0 Å². The fourth-order valence-electron chi connectivity index (χ4n) is 2.81. The van der Waals surface area contributed by atoms with Crippen molar-refractivity contribution in [3.63, 3.8) is 0 Å². The molecule has 2 fully saturated rings. The van der Waals surface area contributed by atoms with Gasteiger partial charge in [-0.25, -0.2) is 9.37 Å². The quantitative estimate of drug-likeness (QED) is 0.809. The molecule has 0 saturated heterocycles. The third kappa shape index (κ3) is 1.65. The van der Waals surface area contributed by atoms with E-state index in [4.69, 9.17) is 11.6 Å². The van der Waals surface area contributed by atoms with Gasteiger partial charge >= 0.3 is 0 Å². The number of nitrogens with zero attached hydrogens (tertiary/aromatic N) is 2. The fourth-order valence-corrected chi connectivity index (χ4v) is 2.95. The highest BCUT2D eigenvalue weighted by molar-refractivity contribution is 6.28. The maximum Gasteiger partial charge on any atom is 0.224 e. The van der Waals surface area contributed by atoms with Gasteiger partial charge in [-0.15, -0.1) is 0 Å². The zero-order valence-corrected chi connectivity index (χ0v) is 9.60. The molecule has 2 aliphatic rings. The van der Waals surface area contributed by atoms with E-state index in [9.17, 15) is 4.39 Å². The van der Waals surface area contributed by atoms with Crippen LogP contribution in [0.5, 0.6) is 0 Å². The summed E-state index contributed by atoms with van der Waals surface area (Å²) >= 11 is 5.63. The average molecular weight is 242 g/mol. The highest BCUT2D eigenvalue weighted by Crippen LogP contribution is 2.56. The first kappa shape index (κ1) is 10.3. The lowest BCUT2D eigenvalue weighted by Gasteiger charge is -2.54. The molecule has 16 heavy (non-hydrogen) atoms. The maximum absolute atomic E-state index is 13.3. The minimum absolute atomic E-state index is 0.0848. The van der Waals surface area contributed by atoms with Crippen LogP contribution in [0.4, 0.5) is 10.2 Å². The van der Waals surface area contributed by atoms with E-state index in [0.717, 1.165) is 19.0 Å². The van der Waals surface area contributed by atoms with E-state index in [-0.39, 0.29) is 11.1 Å². The number of halogens is 2. The van der Waals surface area contributed by atoms with E-state index in [1.54, 1.807) is 0 Å². The Bertz CT molecular complexity index is 412. The summed E-state index contributed by atoms with van der Waals surface area (Å²) < 4.78 is 13.3. The Morgan fingerprint density at radius 3 is 2.81 bits per heavy atom. The number of hydrogen-bond acceptors (Lipinski definition) is 3. The summed E-state index contributed by atoms with van der Waals surface area (Å²) in [6, 6.07) is 0.348. The van der Waals surface area contributed by atoms with E-state index >= 15 is 0 Å². The van der Waals surface area contributed by atoms with Crippen LogP contribution in [0.1, 0.15) is 32.1 Å². The minimum atomic E-state index is -0.432. The average Bonchev–Trinajstić information content (AvgIpc) is 2.13. The Balaban J connectivity index is 1.64. The van der Waals surface area contributed by atoms with Gasteiger partial charge in [0.25, 0.3) is 0 Å². The van der Waals surface area contributed by atoms with Gasteiger partial charge in [-0.3, -0.25) is 0 Å². The van der Waals surface area contributed by atoms with Gasteiger partial charge in [0.05, 0.1) is 6.20 Å². The molecule has 3 nitrogen and oxygen atoms in total. The van der Waals surface area contributed by atoms with E-state index in [1.807, 2.05) is 0 Å². The van der Waals surface area contributed by atoms with Gasteiger partial charge in [-0.1, -0.05) is 6.42 Å². The number of rotatable bonds is 2. The largest absolute Gasteiger partial charge is 0.365 e. The molecule has 1 aromatic rings. The summed E-state index contributed by atoms with van der Waals surface area (Å²) in [4.78, 5) is 7.44. The van der Waals surface area contributed by atoms with Crippen LogP contribution in [-0.2, 0) is 0 Å². The molecule has 0 amide bonds. The molecule has 0 radical (unpaired) electrons. The first-order chi connectivity index (χ1) is 7.67. The first-order valence-corrected chi connectivity index (χ1v) is 5.99. The van der Waals surface area contributed by atoms with Crippen molar-refractivity contribution in [1.82, 2.24) is 9.97 Å². The van der Waals surface area contributed by atoms with Crippen LogP contribution in [0.3, 0.4) is 0 Å². The molecule has 2 aliphatic carbocycles. The van der Waals surface area contributed by atoms with Crippen molar-refractivity contribution in [3.05, 3.63) is 17.3 Å². The SMILES string of the molecule is Fc1cnc(Cl)nc1NC1CC2(CCC2)C1. The van der Waals surface area contributed by atoms with Crippen molar-refractivity contribution in [2.24, 2.45) is 5.41 Å². The molecule has 1 heterocycles. The van der Waals surface area contributed by atoms with Crippen molar-refractivity contribution < 1.29 is 4.39 Å². The Morgan fingerprint density at radius 1 is 1.44 bits per heavy atom. The third-order valence-electron chi connectivity index (χ3n) is 3.83. The Morgan fingerprint density at radius 2 is 2.19 bits per heavy atom. The molecule has 1 N–H and O–H groups in total. The van der Waals surface area contributed by atoms with Crippen LogP contribution in [-0.4, -0.2) is 16.0 Å². The molecule has 0 aliphatic heterocycles. The molecule has 0 atom stereocenters. The van der Waals surface area contributed by atoms with Crippen molar-refractivity contribution in [2.75, 3.05) is 5.32 Å². The molecule has 5 heteroatoms. The third-order valence-corrected chi connectivity index (χ3v) is 4.01. The fraction of sp³-hybridized carbons (Fsp3) is 0.636. The van der Waals surface area contributed by atoms with E-state index in [0.29, 0.717) is 11.5 Å². The van der Waals surface area contributed by atoms with E-state index in [1.165, 1.54) is 19.3 Å². The van der Waals surface area contributed by atoms with Crippen LogP contribution >= 0.6 is 11.6 Å². The number of nitrogens with one attached hydrogen (secondary N) is 1. The van der Waals surface area contributed by atoms with Gasteiger partial charge in [-0.05, 0) is 42.7 Å². The molecule has 1 aromatic heterocycles. The summed E-state index contributed by atoms with van der Waals surface area (Å²) in [6.45, 7) is 0. The molecule has 1 spiro atoms. The zero-order valence-electron chi connectivity index (χ0n) is 8.84. The molecular formula is C11H13ClFN3. The highest BCUT2D eigenvalue weighted by atomic mass is 35.5. The van der Waals surface area contributed by atoms with Gasteiger partial charge < -0.3 is 5.32 Å². The van der Waals surface area contributed by atoms with Crippen molar-refractivity contribution >= 4 is 17.4 Å². The Kier molecular flexibility index (Phi) is 2.28. The van der Waals surface area contributed by atoms with Crippen LogP contribution in [0.25, 0.3) is 0 Å². The lowest BCUT2D eigenvalue weighted by molar-refractivity contribution is 0.0190. The van der Waals surface area contributed by atoms with Crippen LogP contribution < -0.4 is 5.32 Å². The van der Waals surface area contributed by atoms with Crippen LogP contribution in [0.2, 0.25) is 5.28 Å². The smallest absolute Gasteiger partial charge is 0.224 e. The summed E-state index contributed by atoms with van der Waals surface area (Å²) in [7, 11) is 0. The second-order valence-electron chi connectivity index (χ2n) is 4.94. The lowest BCUT2D eigenvalue weighted by atomic mass is 9.54. The first-order valence-electron chi connectivity index (χ1n) is 5.62. The molecule has 86 valence electrons. The van der Waals surface area contributed by atoms with Gasteiger partial charge in [0.15, 0.2) is 11.6 Å². The summed E-state index contributed by atoms with van der Waals surface area (Å²) in [5.74, 6) is -0.196. The number of hydrogen-bond donors (Lipinski definition) is 1. The summed E-state index contributed by atoms with van der Waals surface area (Å²) in [5, 5.41) is 3.19. The highest BCUT2D eigenvalue weighted by Gasteiger charge is 2.48. The van der Waals surface area contributed by atoms with Crippen LogP contribution in [0.15, 0.2) is 6.20 Å². The van der Waals surface area contributed by atoms with E-state index < -0.39 is 5.82 Å². The minimum Gasteiger partial charge on any atom is -0.365 e. The molecule has 0 bridgehead atoms. The van der Waals surface area contributed by atoms with Gasteiger partial charge in [-0.2, -0.15) is 4.98 Å². The molecular weight excluding hydrogens is 229 g/mol. The number of anilines is 1. The lowest BCUT2D eigenvalue weighted by Crippen LogP contribution is -2.49. The van der Waals surface area contributed by atoms with Gasteiger partial charge in [0.1, 0.15) is 0 Å². The normalized spacial score (nSPS) is 22.6. The van der Waals surface area contributed by atoms with Crippen molar-refractivity contribution in [2.45, 2.75) is 38.1 Å². The second-order valence-corrected chi connectivity index (χ2v) is 5.28. The zero-order chi connectivity index (χ0) is 11.2. The monoisotopic (exact) mass is 241 g/mol. The van der Waals surface area contributed by atoms with E-state index in [2.05, 4.69) is 15.3 Å². The predicted molar refractivity (Wildman–Crippen MR) is 59.9 cm³/mol.